The van der Waals surface area contributed by atoms with Crippen molar-refractivity contribution < 1.29 is 0 Å². The molecule has 0 saturated heterocycles. The summed E-state index contributed by atoms with van der Waals surface area (Å²) in [5, 5.41) is 3.35. The molecule has 0 aliphatic rings. The van der Waals surface area contributed by atoms with Crippen molar-refractivity contribution in [2.75, 3.05) is 12.4 Å². The quantitative estimate of drug-likeness (QED) is 0.438. The van der Waals surface area contributed by atoms with Crippen molar-refractivity contribution in [3.8, 4) is 0 Å². The maximum Gasteiger partial charge on any atom is 0.0373 e. The molecule has 0 amide bonds. The topological polar surface area (TPSA) is 12.0 Å². The third-order valence-electron chi connectivity index (χ3n) is 6.95. The first-order chi connectivity index (χ1) is 13.1. The number of hydrogen-bond donors (Lipinski definition) is 1. The van der Waals surface area contributed by atoms with Gasteiger partial charge < -0.3 is 5.32 Å². The lowest BCUT2D eigenvalue weighted by Crippen LogP contribution is -2.48. The number of nitrogens with one attached hydrogen (secondary N) is 1. The first-order valence-corrected chi connectivity index (χ1v) is 10.6. The van der Waals surface area contributed by atoms with Crippen LogP contribution in [0.5, 0.6) is 0 Å². The number of allylic oxidation sites excluding steroid dienone is 1. The van der Waals surface area contributed by atoms with E-state index < -0.39 is 0 Å². The summed E-state index contributed by atoms with van der Waals surface area (Å²) < 4.78 is 0. The normalized spacial score (nSPS) is 12.0. The summed E-state index contributed by atoms with van der Waals surface area (Å²) in [6.07, 6.45) is 7.44. The van der Waals surface area contributed by atoms with Gasteiger partial charge in [-0.3, -0.25) is 0 Å². The fourth-order valence-corrected chi connectivity index (χ4v) is 5.44. The van der Waals surface area contributed by atoms with Gasteiger partial charge in [0.1, 0.15) is 0 Å². The van der Waals surface area contributed by atoms with Crippen LogP contribution in [0.3, 0.4) is 0 Å². The van der Waals surface area contributed by atoms with E-state index in [1.54, 1.807) is 0 Å². The summed E-state index contributed by atoms with van der Waals surface area (Å²) in [4.78, 5) is 0. The fourth-order valence-electron chi connectivity index (χ4n) is 5.44. The van der Waals surface area contributed by atoms with Gasteiger partial charge in [-0.2, -0.15) is 0 Å². The number of hydrogen-bond acceptors (Lipinski definition) is 1. The molecule has 0 bridgehead atoms. The predicted octanol–water partition coefficient (Wildman–Crippen LogP) is 7.27. The maximum atomic E-state index is 3.96. The maximum absolute atomic E-state index is 3.96. The Hall–Kier alpha value is -2.02. The van der Waals surface area contributed by atoms with Crippen molar-refractivity contribution in [1.29, 1.82) is 0 Å². The van der Waals surface area contributed by atoms with Crippen LogP contribution in [0.15, 0.2) is 61.2 Å². The molecule has 2 aromatic carbocycles. The zero-order valence-corrected chi connectivity index (χ0v) is 17.9. The van der Waals surface area contributed by atoms with Crippen LogP contribution >= 0.6 is 0 Å². The Balaban J connectivity index is 2.75. The molecule has 0 aliphatic carbocycles. The molecule has 2 aromatic rings. The molecule has 0 atom stereocenters. The monoisotopic (exact) mass is 363 g/mol. The molecule has 2 rings (SSSR count). The van der Waals surface area contributed by atoms with Gasteiger partial charge in [0.25, 0.3) is 0 Å². The smallest absolute Gasteiger partial charge is 0.0373 e. The Kier molecular flexibility index (Phi) is 7.30. The molecule has 0 heterocycles. The SMILES string of the molecule is C=CCc1cc(C(CC)(CC)C(CC)(CC)c2ccccc2)ccc1NC. The predicted molar refractivity (Wildman–Crippen MR) is 121 cm³/mol. The molecule has 0 fully saturated rings. The third kappa shape index (κ3) is 3.57. The lowest BCUT2D eigenvalue weighted by Gasteiger charge is -2.51. The van der Waals surface area contributed by atoms with E-state index in [1.807, 2.05) is 13.1 Å². The number of benzene rings is 2. The molecule has 0 saturated carbocycles. The average Bonchev–Trinajstić information content (AvgIpc) is 2.73. The van der Waals surface area contributed by atoms with Crippen molar-refractivity contribution in [2.24, 2.45) is 0 Å². The van der Waals surface area contributed by atoms with Crippen LogP contribution in [-0.2, 0) is 17.3 Å². The third-order valence-corrected chi connectivity index (χ3v) is 6.95. The van der Waals surface area contributed by atoms with E-state index in [0.717, 1.165) is 32.1 Å². The Morgan fingerprint density at radius 3 is 1.85 bits per heavy atom. The lowest BCUT2D eigenvalue weighted by atomic mass is 9.52. The zero-order valence-electron chi connectivity index (χ0n) is 17.9. The molecule has 0 spiro atoms. The van der Waals surface area contributed by atoms with Crippen LogP contribution in [-0.4, -0.2) is 7.05 Å². The Morgan fingerprint density at radius 2 is 1.37 bits per heavy atom. The first-order valence-electron chi connectivity index (χ1n) is 10.6. The largest absolute Gasteiger partial charge is 0.388 e. The van der Waals surface area contributed by atoms with Gasteiger partial charge in [-0.15, -0.1) is 6.58 Å². The van der Waals surface area contributed by atoms with E-state index >= 15 is 0 Å². The molecule has 0 unspecified atom stereocenters. The van der Waals surface area contributed by atoms with E-state index in [9.17, 15) is 0 Å². The van der Waals surface area contributed by atoms with Crippen LogP contribution in [0.25, 0.3) is 0 Å². The first kappa shape index (κ1) is 21.3. The summed E-state index contributed by atoms with van der Waals surface area (Å²) in [7, 11) is 2.00. The summed E-state index contributed by atoms with van der Waals surface area (Å²) in [5.74, 6) is 0. The minimum atomic E-state index is 0.111. The standard InChI is InChI=1S/C26H37N/c1-7-15-21-20-23(18-19-24(21)27-6)26(10-4,11-5)25(8-2,9-3)22-16-13-12-14-17-22/h7,12-14,16-20,27H,1,8-11,15H2,2-6H3. The van der Waals surface area contributed by atoms with Crippen molar-refractivity contribution in [3.63, 3.8) is 0 Å². The van der Waals surface area contributed by atoms with E-state index in [4.69, 9.17) is 0 Å². The van der Waals surface area contributed by atoms with Gasteiger partial charge in [0.15, 0.2) is 0 Å². The molecule has 1 nitrogen and oxygen atoms in total. The number of rotatable bonds is 10. The van der Waals surface area contributed by atoms with Crippen molar-refractivity contribution in [3.05, 3.63) is 77.9 Å². The molecular weight excluding hydrogens is 326 g/mol. The zero-order chi connectivity index (χ0) is 19.9. The molecule has 27 heavy (non-hydrogen) atoms. The molecule has 0 radical (unpaired) electrons. The second-order valence-electron chi connectivity index (χ2n) is 7.56. The summed E-state index contributed by atoms with van der Waals surface area (Å²) >= 11 is 0. The van der Waals surface area contributed by atoms with E-state index in [0.29, 0.717) is 0 Å². The van der Waals surface area contributed by atoms with Crippen LogP contribution in [0.4, 0.5) is 5.69 Å². The van der Waals surface area contributed by atoms with Gasteiger partial charge in [-0.1, -0.05) is 76.2 Å². The second kappa shape index (κ2) is 9.26. The van der Waals surface area contributed by atoms with Gasteiger partial charge in [0, 0.05) is 23.6 Å². The Bertz CT molecular complexity index is 721. The van der Waals surface area contributed by atoms with Crippen molar-refractivity contribution in [1.82, 2.24) is 0 Å². The van der Waals surface area contributed by atoms with Crippen LogP contribution in [0.1, 0.15) is 70.1 Å². The van der Waals surface area contributed by atoms with Crippen LogP contribution < -0.4 is 5.32 Å². The van der Waals surface area contributed by atoms with Gasteiger partial charge in [-0.05, 0) is 54.9 Å². The molecule has 1 heteroatoms. The summed E-state index contributed by atoms with van der Waals surface area (Å²) in [6.45, 7) is 13.4. The fraction of sp³-hybridized carbons (Fsp3) is 0.462. The van der Waals surface area contributed by atoms with E-state index in [1.165, 1.54) is 22.4 Å². The number of anilines is 1. The minimum absolute atomic E-state index is 0.111. The minimum Gasteiger partial charge on any atom is -0.388 e. The van der Waals surface area contributed by atoms with E-state index in [2.05, 4.69) is 88.1 Å². The van der Waals surface area contributed by atoms with Gasteiger partial charge in [0.05, 0.1) is 0 Å². The summed E-state index contributed by atoms with van der Waals surface area (Å²) in [5.41, 5.74) is 5.73. The second-order valence-corrected chi connectivity index (χ2v) is 7.56. The highest BCUT2D eigenvalue weighted by Gasteiger charge is 2.48. The molecule has 0 aromatic heterocycles. The molecular formula is C26H37N. The van der Waals surface area contributed by atoms with Crippen LogP contribution in [0, 0.1) is 0 Å². The van der Waals surface area contributed by atoms with Gasteiger partial charge in [0.2, 0.25) is 0 Å². The van der Waals surface area contributed by atoms with Crippen LogP contribution in [0.2, 0.25) is 0 Å². The summed E-state index contributed by atoms with van der Waals surface area (Å²) in [6, 6.07) is 18.2. The van der Waals surface area contributed by atoms with Crippen molar-refractivity contribution >= 4 is 5.69 Å². The lowest BCUT2D eigenvalue weighted by molar-refractivity contribution is 0.177. The van der Waals surface area contributed by atoms with Gasteiger partial charge in [-0.25, -0.2) is 0 Å². The highest BCUT2D eigenvalue weighted by Crippen LogP contribution is 2.53. The molecule has 146 valence electrons. The highest BCUT2D eigenvalue weighted by molar-refractivity contribution is 5.55. The average molecular weight is 364 g/mol. The van der Waals surface area contributed by atoms with Gasteiger partial charge >= 0.3 is 0 Å². The highest BCUT2D eigenvalue weighted by atomic mass is 14.8. The Morgan fingerprint density at radius 1 is 0.815 bits per heavy atom. The molecule has 1 N–H and O–H groups in total. The molecule has 0 aliphatic heterocycles. The Labute approximate surface area is 166 Å². The van der Waals surface area contributed by atoms with E-state index in [-0.39, 0.29) is 10.8 Å². The van der Waals surface area contributed by atoms with Crippen molar-refractivity contribution in [2.45, 2.75) is 70.6 Å².